The summed E-state index contributed by atoms with van der Waals surface area (Å²) in [6, 6.07) is 5.15. The predicted octanol–water partition coefficient (Wildman–Crippen LogP) is 0.940. The highest BCUT2D eigenvalue weighted by atomic mass is 32.2. The maximum absolute atomic E-state index is 12.0. The minimum Gasteiger partial charge on any atom is -0.452 e. The van der Waals surface area contributed by atoms with Crippen molar-refractivity contribution >= 4 is 21.9 Å². The van der Waals surface area contributed by atoms with Gasteiger partial charge in [0.05, 0.1) is 17.6 Å². The molecule has 0 aliphatic heterocycles. The van der Waals surface area contributed by atoms with Gasteiger partial charge < -0.3 is 10.1 Å². The fraction of sp³-hybridized carbons (Fsp3) is 0.467. The van der Waals surface area contributed by atoms with Gasteiger partial charge in [-0.05, 0) is 37.6 Å². The van der Waals surface area contributed by atoms with Gasteiger partial charge in [-0.1, -0.05) is 11.4 Å². The Morgan fingerprint density at radius 1 is 1.25 bits per heavy atom. The predicted molar refractivity (Wildman–Crippen MR) is 86.6 cm³/mol. The van der Waals surface area contributed by atoms with Crippen molar-refractivity contribution in [1.29, 1.82) is 0 Å². The first-order valence-electron chi connectivity index (χ1n) is 7.32. The number of nitrogens with zero attached hydrogens (tertiary/aromatic N) is 1. The van der Waals surface area contributed by atoms with Gasteiger partial charge in [-0.25, -0.2) is 13.2 Å². The van der Waals surface area contributed by atoms with Gasteiger partial charge in [0.2, 0.25) is 0 Å². The summed E-state index contributed by atoms with van der Waals surface area (Å²) in [6.45, 7) is 3.37. The monoisotopic (exact) mass is 358 g/mol. The second kappa shape index (κ2) is 8.76. The van der Waals surface area contributed by atoms with E-state index < -0.39 is 28.5 Å². The van der Waals surface area contributed by atoms with E-state index in [2.05, 4.69) is 10.2 Å². The molecular formula is C15H22N2O6S. The Morgan fingerprint density at radius 2 is 1.83 bits per heavy atom. The summed E-state index contributed by atoms with van der Waals surface area (Å²) < 4.78 is 29.6. The average Bonchev–Trinajstić information content (AvgIpc) is 2.58. The first-order chi connectivity index (χ1) is 11.2. The van der Waals surface area contributed by atoms with Crippen LogP contribution in [0.3, 0.4) is 0 Å². The zero-order valence-electron chi connectivity index (χ0n) is 14.1. The molecule has 0 unspecified atom stereocenters. The van der Waals surface area contributed by atoms with Gasteiger partial charge in [0.25, 0.3) is 15.9 Å². The van der Waals surface area contributed by atoms with Crippen LogP contribution in [0, 0.1) is 0 Å². The van der Waals surface area contributed by atoms with Crippen LogP contribution in [-0.4, -0.2) is 51.6 Å². The summed E-state index contributed by atoms with van der Waals surface area (Å²) in [5, 5.41) is 2.67. The highest BCUT2D eigenvalue weighted by Crippen LogP contribution is 2.15. The standard InChI is InChI=1S/C15H22N2O6S/c1-5-11(2)16-14(18)10-23-15(19)12-6-8-13(9-7-12)24(20,21)17(3)22-4/h6-9,11H,5,10H2,1-4H3,(H,16,18)/t11-/m0/s1. The van der Waals surface area contributed by atoms with Crippen molar-refractivity contribution in [3.05, 3.63) is 29.8 Å². The number of rotatable bonds is 8. The number of amides is 1. The molecule has 0 aliphatic rings. The van der Waals surface area contributed by atoms with Crippen molar-refractivity contribution in [3.63, 3.8) is 0 Å². The maximum Gasteiger partial charge on any atom is 0.338 e. The number of carbonyl (C=O) groups is 2. The molecule has 8 nitrogen and oxygen atoms in total. The highest BCUT2D eigenvalue weighted by Gasteiger charge is 2.21. The third-order valence-corrected chi connectivity index (χ3v) is 5.03. The van der Waals surface area contributed by atoms with E-state index in [1.54, 1.807) is 0 Å². The van der Waals surface area contributed by atoms with Crippen molar-refractivity contribution in [3.8, 4) is 0 Å². The lowest BCUT2D eigenvalue weighted by Crippen LogP contribution is -2.35. The Hall–Kier alpha value is -1.97. The molecule has 24 heavy (non-hydrogen) atoms. The molecule has 0 radical (unpaired) electrons. The molecule has 9 heteroatoms. The fourth-order valence-electron chi connectivity index (χ4n) is 1.64. The molecule has 134 valence electrons. The minimum absolute atomic E-state index is 0.00142. The summed E-state index contributed by atoms with van der Waals surface area (Å²) in [7, 11) is -1.29. The van der Waals surface area contributed by atoms with Crippen LogP contribution >= 0.6 is 0 Å². The Morgan fingerprint density at radius 3 is 2.33 bits per heavy atom. The SMILES string of the molecule is CC[C@H](C)NC(=O)COC(=O)c1ccc(S(=O)(=O)N(C)OC)cc1. The van der Waals surface area contributed by atoms with Gasteiger partial charge in [0.1, 0.15) is 0 Å². The third-order valence-electron chi connectivity index (χ3n) is 3.34. The lowest BCUT2D eigenvalue weighted by Gasteiger charge is -2.14. The van der Waals surface area contributed by atoms with Crippen molar-refractivity contribution < 1.29 is 27.6 Å². The van der Waals surface area contributed by atoms with Crippen LogP contribution in [-0.2, 0) is 24.4 Å². The average molecular weight is 358 g/mol. The summed E-state index contributed by atoms with van der Waals surface area (Å²) in [5.41, 5.74) is 0.144. The Labute approximate surface area is 141 Å². The Bertz CT molecular complexity index is 672. The van der Waals surface area contributed by atoms with Crippen molar-refractivity contribution in [2.75, 3.05) is 20.8 Å². The minimum atomic E-state index is -3.78. The molecule has 0 saturated heterocycles. The first kappa shape index (κ1) is 20.1. The molecule has 1 N–H and O–H groups in total. The number of ether oxygens (including phenoxy) is 1. The van der Waals surface area contributed by atoms with E-state index in [1.807, 2.05) is 13.8 Å². The smallest absolute Gasteiger partial charge is 0.338 e. The van der Waals surface area contributed by atoms with Crippen molar-refractivity contribution in [2.24, 2.45) is 0 Å². The fourth-order valence-corrected chi connectivity index (χ4v) is 2.62. The Kier molecular flexibility index (Phi) is 7.33. The summed E-state index contributed by atoms with van der Waals surface area (Å²) in [4.78, 5) is 28.1. The van der Waals surface area contributed by atoms with E-state index in [4.69, 9.17) is 4.74 Å². The molecule has 0 spiro atoms. The van der Waals surface area contributed by atoms with Crippen LogP contribution in [0.15, 0.2) is 29.2 Å². The molecule has 1 rings (SSSR count). The number of carbonyl (C=O) groups excluding carboxylic acids is 2. The van der Waals surface area contributed by atoms with Gasteiger partial charge in [-0.2, -0.15) is 0 Å². The number of hydrogen-bond acceptors (Lipinski definition) is 6. The number of esters is 1. The Balaban J connectivity index is 2.69. The summed E-state index contributed by atoms with van der Waals surface area (Å²) in [6.07, 6.45) is 0.769. The lowest BCUT2D eigenvalue weighted by atomic mass is 10.2. The van der Waals surface area contributed by atoms with Crippen molar-refractivity contribution in [2.45, 2.75) is 31.2 Å². The van der Waals surface area contributed by atoms with Gasteiger partial charge in [0, 0.05) is 13.1 Å². The van der Waals surface area contributed by atoms with Gasteiger partial charge >= 0.3 is 5.97 Å². The van der Waals surface area contributed by atoms with Crippen LogP contribution in [0.1, 0.15) is 30.6 Å². The molecule has 1 aromatic carbocycles. The molecule has 1 aromatic rings. The zero-order chi connectivity index (χ0) is 18.3. The van der Waals surface area contributed by atoms with Crippen LogP contribution in [0.2, 0.25) is 0 Å². The van der Waals surface area contributed by atoms with Crippen LogP contribution in [0.5, 0.6) is 0 Å². The first-order valence-corrected chi connectivity index (χ1v) is 8.76. The molecule has 0 heterocycles. The molecule has 0 aromatic heterocycles. The quantitative estimate of drug-likeness (QED) is 0.548. The molecular weight excluding hydrogens is 336 g/mol. The van der Waals surface area contributed by atoms with Gasteiger partial charge in [-0.3, -0.25) is 9.63 Å². The largest absolute Gasteiger partial charge is 0.452 e. The number of hydroxylamine groups is 1. The topological polar surface area (TPSA) is 102 Å². The number of nitrogens with one attached hydrogen (secondary N) is 1. The molecule has 0 aliphatic carbocycles. The molecule has 0 fully saturated rings. The molecule has 1 atom stereocenters. The van der Waals surface area contributed by atoms with Crippen LogP contribution < -0.4 is 5.32 Å². The van der Waals surface area contributed by atoms with Crippen LogP contribution in [0.4, 0.5) is 0 Å². The maximum atomic E-state index is 12.0. The number of benzene rings is 1. The molecule has 1 amide bonds. The van der Waals surface area contributed by atoms with Crippen LogP contribution in [0.25, 0.3) is 0 Å². The zero-order valence-corrected chi connectivity index (χ0v) is 14.9. The molecule has 0 bridgehead atoms. The second-order valence-corrected chi connectivity index (χ2v) is 7.01. The second-order valence-electron chi connectivity index (χ2n) is 5.07. The van der Waals surface area contributed by atoms with E-state index in [1.165, 1.54) is 38.4 Å². The highest BCUT2D eigenvalue weighted by molar-refractivity contribution is 7.89. The summed E-state index contributed by atoms with van der Waals surface area (Å²) in [5.74, 6) is -1.10. The van der Waals surface area contributed by atoms with Gasteiger partial charge in [-0.15, -0.1) is 0 Å². The van der Waals surface area contributed by atoms with E-state index in [0.29, 0.717) is 4.47 Å². The van der Waals surface area contributed by atoms with E-state index in [9.17, 15) is 18.0 Å². The third kappa shape index (κ3) is 5.29. The van der Waals surface area contributed by atoms with E-state index >= 15 is 0 Å². The number of hydrogen-bond donors (Lipinski definition) is 1. The summed E-state index contributed by atoms with van der Waals surface area (Å²) >= 11 is 0. The van der Waals surface area contributed by atoms with E-state index in [0.717, 1.165) is 6.42 Å². The van der Waals surface area contributed by atoms with Crippen molar-refractivity contribution in [1.82, 2.24) is 9.79 Å². The normalized spacial score (nSPS) is 12.7. The molecule has 0 saturated carbocycles. The lowest BCUT2D eigenvalue weighted by molar-refractivity contribution is -0.124. The van der Waals surface area contributed by atoms with Gasteiger partial charge in [0.15, 0.2) is 6.61 Å². The van der Waals surface area contributed by atoms with E-state index in [-0.39, 0.29) is 16.5 Å². The number of sulfonamides is 1.